The molecule has 0 radical (unpaired) electrons. The molecule has 0 saturated carbocycles. The summed E-state index contributed by atoms with van der Waals surface area (Å²) in [5.74, 6) is 2.50. The van der Waals surface area contributed by atoms with E-state index in [0.29, 0.717) is 5.92 Å². The van der Waals surface area contributed by atoms with Crippen LogP contribution in [0.5, 0.6) is 0 Å². The number of piperazine rings is 1. The zero-order valence-electron chi connectivity index (χ0n) is 19.6. The Morgan fingerprint density at radius 2 is 1.77 bits per heavy atom. The van der Waals surface area contributed by atoms with Crippen LogP contribution in [0.3, 0.4) is 0 Å². The molecule has 0 bridgehead atoms. The van der Waals surface area contributed by atoms with Crippen LogP contribution in [0.1, 0.15) is 42.9 Å². The van der Waals surface area contributed by atoms with Gasteiger partial charge in [0, 0.05) is 52.5 Å². The molecule has 31 heavy (non-hydrogen) atoms. The van der Waals surface area contributed by atoms with Gasteiger partial charge in [0.25, 0.3) is 0 Å². The molecular formula is C25H38N6. The molecule has 3 rings (SSSR count). The molecule has 1 aliphatic heterocycles. The maximum absolute atomic E-state index is 4.57. The van der Waals surface area contributed by atoms with Crippen molar-refractivity contribution >= 4 is 11.8 Å². The van der Waals surface area contributed by atoms with Gasteiger partial charge in [-0.25, -0.2) is 4.98 Å². The molecule has 1 aromatic carbocycles. The molecule has 1 saturated heterocycles. The van der Waals surface area contributed by atoms with E-state index in [4.69, 9.17) is 0 Å². The smallest absolute Gasteiger partial charge is 0.191 e. The fraction of sp³-hybridized carbons (Fsp3) is 0.520. The molecule has 2 aromatic rings. The van der Waals surface area contributed by atoms with Gasteiger partial charge in [-0.05, 0) is 54.6 Å². The molecule has 2 heterocycles. The van der Waals surface area contributed by atoms with Crippen LogP contribution in [0.15, 0.2) is 47.6 Å². The molecular weight excluding hydrogens is 384 g/mol. The van der Waals surface area contributed by atoms with E-state index in [9.17, 15) is 0 Å². The van der Waals surface area contributed by atoms with E-state index >= 15 is 0 Å². The Morgan fingerprint density at radius 3 is 2.45 bits per heavy atom. The number of guanidine groups is 1. The summed E-state index contributed by atoms with van der Waals surface area (Å²) in [7, 11) is 3.99. The fourth-order valence-electron chi connectivity index (χ4n) is 3.75. The molecule has 0 atom stereocenters. The van der Waals surface area contributed by atoms with Crippen molar-refractivity contribution in [2.24, 2.45) is 4.99 Å². The summed E-state index contributed by atoms with van der Waals surface area (Å²) in [5.41, 5.74) is 4.01. The second-order valence-corrected chi connectivity index (χ2v) is 8.66. The van der Waals surface area contributed by atoms with Crippen molar-refractivity contribution in [3.8, 4) is 0 Å². The molecule has 1 aliphatic rings. The Hall–Kier alpha value is -2.60. The SMILES string of the molecule is CN=C(NCCCc1ccc(C(C)C)cc1)NCc1ccnc(N2CCN(C)CC2)c1. The Labute approximate surface area is 187 Å². The van der Waals surface area contributed by atoms with Gasteiger partial charge in [-0.15, -0.1) is 0 Å². The van der Waals surface area contributed by atoms with Crippen LogP contribution < -0.4 is 15.5 Å². The highest BCUT2D eigenvalue weighted by molar-refractivity contribution is 5.79. The third-order valence-corrected chi connectivity index (χ3v) is 5.90. The van der Waals surface area contributed by atoms with Gasteiger partial charge in [-0.3, -0.25) is 4.99 Å². The number of aliphatic imine (C=N–C) groups is 1. The molecule has 0 aliphatic carbocycles. The lowest BCUT2D eigenvalue weighted by Gasteiger charge is -2.33. The summed E-state index contributed by atoms with van der Waals surface area (Å²) in [6, 6.07) is 13.3. The number of pyridine rings is 1. The molecule has 1 fully saturated rings. The number of hydrogen-bond acceptors (Lipinski definition) is 4. The van der Waals surface area contributed by atoms with Gasteiger partial charge >= 0.3 is 0 Å². The highest BCUT2D eigenvalue weighted by Crippen LogP contribution is 2.16. The van der Waals surface area contributed by atoms with E-state index in [0.717, 1.165) is 63.9 Å². The first-order valence-corrected chi connectivity index (χ1v) is 11.5. The van der Waals surface area contributed by atoms with Crippen molar-refractivity contribution in [1.82, 2.24) is 20.5 Å². The summed E-state index contributed by atoms with van der Waals surface area (Å²) in [6.07, 6.45) is 4.05. The van der Waals surface area contributed by atoms with Gasteiger partial charge in [-0.2, -0.15) is 0 Å². The minimum Gasteiger partial charge on any atom is -0.356 e. The number of nitrogens with one attached hydrogen (secondary N) is 2. The summed E-state index contributed by atoms with van der Waals surface area (Å²) in [5, 5.41) is 6.86. The van der Waals surface area contributed by atoms with Crippen molar-refractivity contribution in [3.63, 3.8) is 0 Å². The third kappa shape index (κ3) is 7.24. The Morgan fingerprint density at radius 1 is 1.03 bits per heavy atom. The second kappa shape index (κ2) is 11.7. The number of aromatic nitrogens is 1. The average molecular weight is 423 g/mol. The summed E-state index contributed by atoms with van der Waals surface area (Å²) in [4.78, 5) is 13.7. The van der Waals surface area contributed by atoms with Crippen LogP contribution in [0.4, 0.5) is 5.82 Å². The molecule has 2 N–H and O–H groups in total. The number of likely N-dealkylation sites (N-methyl/N-ethyl adjacent to an activating group) is 1. The maximum Gasteiger partial charge on any atom is 0.191 e. The summed E-state index contributed by atoms with van der Waals surface area (Å²) >= 11 is 0. The molecule has 0 spiro atoms. The Balaban J connectivity index is 1.40. The standard InChI is InChI=1S/C25H38N6/c1-20(2)23-9-7-21(8-10-23)6-5-12-28-25(26-3)29-19-22-11-13-27-24(18-22)31-16-14-30(4)15-17-31/h7-11,13,18,20H,5-6,12,14-17,19H2,1-4H3,(H2,26,28,29). The van der Waals surface area contributed by atoms with Gasteiger partial charge in [0.15, 0.2) is 5.96 Å². The van der Waals surface area contributed by atoms with Crippen molar-refractivity contribution in [1.29, 1.82) is 0 Å². The Bertz CT molecular complexity index is 822. The van der Waals surface area contributed by atoms with E-state index in [1.165, 1.54) is 16.7 Å². The second-order valence-electron chi connectivity index (χ2n) is 8.66. The summed E-state index contributed by atoms with van der Waals surface area (Å²) in [6.45, 7) is 10.3. The van der Waals surface area contributed by atoms with E-state index in [-0.39, 0.29) is 0 Å². The quantitative estimate of drug-likeness (QED) is 0.389. The van der Waals surface area contributed by atoms with Crippen molar-refractivity contribution in [3.05, 3.63) is 59.3 Å². The lowest BCUT2D eigenvalue weighted by atomic mass is 10.0. The number of nitrogens with zero attached hydrogens (tertiary/aromatic N) is 4. The minimum atomic E-state index is 0.586. The van der Waals surface area contributed by atoms with Gasteiger partial charge < -0.3 is 20.4 Å². The normalized spacial score (nSPS) is 15.4. The zero-order valence-corrected chi connectivity index (χ0v) is 19.6. The van der Waals surface area contributed by atoms with Crippen LogP contribution in [0, 0.1) is 0 Å². The molecule has 168 valence electrons. The zero-order chi connectivity index (χ0) is 22.1. The number of aryl methyl sites for hydroxylation is 1. The first-order chi connectivity index (χ1) is 15.0. The van der Waals surface area contributed by atoms with Crippen LogP contribution in [0.2, 0.25) is 0 Å². The average Bonchev–Trinajstić information content (AvgIpc) is 2.79. The van der Waals surface area contributed by atoms with E-state index in [1.807, 2.05) is 13.2 Å². The molecule has 0 amide bonds. The lowest BCUT2D eigenvalue weighted by Crippen LogP contribution is -2.44. The number of rotatable bonds is 8. The first-order valence-electron chi connectivity index (χ1n) is 11.5. The fourth-order valence-corrected chi connectivity index (χ4v) is 3.75. The Kier molecular flexibility index (Phi) is 8.71. The van der Waals surface area contributed by atoms with E-state index in [2.05, 4.69) is 87.7 Å². The van der Waals surface area contributed by atoms with Crippen molar-refractivity contribution in [2.45, 2.75) is 39.2 Å². The van der Waals surface area contributed by atoms with Crippen LogP contribution in [-0.4, -0.2) is 62.7 Å². The number of hydrogen-bond donors (Lipinski definition) is 2. The molecule has 0 unspecified atom stereocenters. The monoisotopic (exact) mass is 422 g/mol. The maximum atomic E-state index is 4.57. The number of benzene rings is 1. The predicted octanol–water partition coefficient (Wildman–Crippen LogP) is 3.25. The molecule has 6 heteroatoms. The van der Waals surface area contributed by atoms with Gasteiger partial charge in [0.05, 0.1) is 0 Å². The van der Waals surface area contributed by atoms with Crippen LogP contribution in [-0.2, 0) is 13.0 Å². The van der Waals surface area contributed by atoms with E-state index in [1.54, 1.807) is 0 Å². The van der Waals surface area contributed by atoms with Gasteiger partial charge in [0.2, 0.25) is 0 Å². The minimum absolute atomic E-state index is 0.586. The highest BCUT2D eigenvalue weighted by atomic mass is 15.3. The topological polar surface area (TPSA) is 55.8 Å². The van der Waals surface area contributed by atoms with Gasteiger partial charge in [-0.1, -0.05) is 38.1 Å². The van der Waals surface area contributed by atoms with Crippen molar-refractivity contribution in [2.75, 3.05) is 51.7 Å². The highest BCUT2D eigenvalue weighted by Gasteiger charge is 2.15. The van der Waals surface area contributed by atoms with Crippen molar-refractivity contribution < 1.29 is 0 Å². The molecule has 6 nitrogen and oxygen atoms in total. The van der Waals surface area contributed by atoms with Crippen LogP contribution >= 0.6 is 0 Å². The van der Waals surface area contributed by atoms with Gasteiger partial charge in [0.1, 0.15) is 5.82 Å². The van der Waals surface area contributed by atoms with E-state index < -0.39 is 0 Å². The largest absolute Gasteiger partial charge is 0.356 e. The first kappa shape index (κ1) is 23.1. The third-order valence-electron chi connectivity index (χ3n) is 5.90. The summed E-state index contributed by atoms with van der Waals surface area (Å²) < 4.78 is 0. The number of anilines is 1. The predicted molar refractivity (Wildman–Crippen MR) is 131 cm³/mol. The molecule has 1 aromatic heterocycles. The van der Waals surface area contributed by atoms with Crippen LogP contribution in [0.25, 0.3) is 0 Å². The lowest BCUT2D eigenvalue weighted by molar-refractivity contribution is 0.312.